The molecule has 1 fully saturated rings. The molecular weight excluding hydrogens is 254 g/mol. The molecule has 0 spiro atoms. The van der Waals surface area contributed by atoms with Gasteiger partial charge in [0.15, 0.2) is 0 Å². The summed E-state index contributed by atoms with van der Waals surface area (Å²) in [5, 5.41) is 3.70. The lowest BCUT2D eigenvalue weighted by atomic mass is 9.92. The van der Waals surface area contributed by atoms with Crippen LogP contribution in [0.3, 0.4) is 0 Å². The third-order valence-electron chi connectivity index (χ3n) is 3.11. The second kappa shape index (κ2) is 5.59. The number of esters is 1. The molecule has 2 rings (SSSR count). The van der Waals surface area contributed by atoms with Crippen LogP contribution in [0.2, 0.25) is 5.02 Å². The van der Waals surface area contributed by atoms with Crippen LogP contribution in [0.25, 0.3) is 0 Å². The van der Waals surface area contributed by atoms with Crippen LogP contribution in [0, 0.1) is 0 Å². The van der Waals surface area contributed by atoms with Gasteiger partial charge in [0, 0.05) is 12.8 Å². The largest absolute Gasteiger partial charge is 0.474 e. The first-order chi connectivity index (χ1) is 8.68. The predicted molar refractivity (Wildman–Crippen MR) is 68.9 cm³/mol. The van der Waals surface area contributed by atoms with Gasteiger partial charge in [-0.15, -0.1) is 0 Å². The quantitative estimate of drug-likeness (QED) is 0.853. The Labute approximate surface area is 111 Å². The summed E-state index contributed by atoms with van der Waals surface area (Å²) in [6.07, 6.45) is 1.15. The van der Waals surface area contributed by atoms with Crippen molar-refractivity contribution in [2.75, 3.05) is 20.2 Å². The first kappa shape index (κ1) is 13.2. The van der Waals surface area contributed by atoms with Crippen LogP contribution < -0.4 is 10.1 Å². The number of ether oxygens (including phenoxy) is 2. The van der Waals surface area contributed by atoms with E-state index in [1.807, 2.05) is 12.1 Å². The fraction of sp³-hybridized carbons (Fsp3) is 0.462. The number of hydrogen-bond donors (Lipinski definition) is 1. The highest BCUT2D eigenvalue weighted by Crippen LogP contribution is 2.32. The first-order valence-electron chi connectivity index (χ1n) is 5.91. The topological polar surface area (TPSA) is 47.6 Å². The van der Waals surface area contributed by atoms with Gasteiger partial charge in [-0.3, -0.25) is 0 Å². The SMILES string of the molecule is COC(=O)C1(Oc2ccccc2Cl)CCNCC1. The average Bonchev–Trinajstić information content (AvgIpc) is 2.41. The van der Waals surface area contributed by atoms with Gasteiger partial charge in [-0.25, -0.2) is 4.79 Å². The highest BCUT2D eigenvalue weighted by molar-refractivity contribution is 6.32. The van der Waals surface area contributed by atoms with E-state index in [0.29, 0.717) is 23.6 Å². The number of methoxy groups -OCH3 is 1. The molecule has 1 aromatic rings. The highest BCUT2D eigenvalue weighted by Gasteiger charge is 2.43. The van der Waals surface area contributed by atoms with E-state index in [2.05, 4.69) is 5.32 Å². The van der Waals surface area contributed by atoms with E-state index < -0.39 is 5.60 Å². The van der Waals surface area contributed by atoms with Crippen LogP contribution in [0.4, 0.5) is 0 Å². The number of halogens is 1. The zero-order valence-electron chi connectivity index (χ0n) is 10.2. The molecule has 1 heterocycles. The third kappa shape index (κ3) is 2.60. The number of piperidine rings is 1. The van der Waals surface area contributed by atoms with E-state index in [9.17, 15) is 4.79 Å². The number of nitrogens with one attached hydrogen (secondary N) is 1. The van der Waals surface area contributed by atoms with Crippen molar-refractivity contribution in [1.82, 2.24) is 5.32 Å². The Bertz CT molecular complexity index is 430. The monoisotopic (exact) mass is 269 g/mol. The number of carbonyl (C=O) groups excluding carboxylic acids is 1. The van der Waals surface area contributed by atoms with E-state index in [-0.39, 0.29) is 5.97 Å². The Morgan fingerprint density at radius 1 is 1.33 bits per heavy atom. The Hall–Kier alpha value is -1.26. The van der Waals surface area contributed by atoms with Gasteiger partial charge in [0.05, 0.1) is 12.1 Å². The molecule has 0 atom stereocenters. The van der Waals surface area contributed by atoms with Gasteiger partial charge < -0.3 is 14.8 Å². The number of para-hydroxylation sites is 1. The fourth-order valence-corrected chi connectivity index (χ4v) is 2.28. The van der Waals surface area contributed by atoms with Crippen molar-refractivity contribution in [3.05, 3.63) is 29.3 Å². The van der Waals surface area contributed by atoms with Crippen molar-refractivity contribution in [2.24, 2.45) is 0 Å². The Morgan fingerprint density at radius 2 is 2.00 bits per heavy atom. The number of benzene rings is 1. The maximum atomic E-state index is 12.0. The standard InChI is InChI=1S/C13H16ClNO3/c1-17-12(16)13(6-8-15-9-7-13)18-11-5-3-2-4-10(11)14/h2-5,15H,6-9H2,1H3. The molecule has 18 heavy (non-hydrogen) atoms. The van der Waals surface area contributed by atoms with Gasteiger partial charge in [-0.1, -0.05) is 23.7 Å². The molecule has 0 radical (unpaired) electrons. The lowest BCUT2D eigenvalue weighted by molar-refractivity contribution is -0.161. The number of rotatable bonds is 3. The van der Waals surface area contributed by atoms with Crippen LogP contribution in [0.15, 0.2) is 24.3 Å². The molecule has 1 N–H and O–H groups in total. The molecule has 1 saturated heterocycles. The molecule has 0 saturated carbocycles. The second-order valence-corrected chi connectivity index (χ2v) is 4.68. The van der Waals surface area contributed by atoms with Crippen molar-refractivity contribution in [2.45, 2.75) is 18.4 Å². The molecule has 1 aliphatic rings. The van der Waals surface area contributed by atoms with E-state index in [0.717, 1.165) is 13.1 Å². The van der Waals surface area contributed by atoms with Crippen LogP contribution in [-0.2, 0) is 9.53 Å². The minimum Gasteiger partial charge on any atom is -0.474 e. The molecule has 0 unspecified atom stereocenters. The normalized spacial score (nSPS) is 18.1. The molecule has 5 heteroatoms. The second-order valence-electron chi connectivity index (χ2n) is 4.27. The van der Waals surface area contributed by atoms with E-state index >= 15 is 0 Å². The molecule has 0 amide bonds. The highest BCUT2D eigenvalue weighted by atomic mass is 35.5. The summed E-state index contributed by atoms with van der Waals surface area (Å²) in [5.41, 5.74) is -0.926. The smallest absolute Gasteiger partial charge is 0.350 e. The molecule has 0 bridgehead atoms. The summed E-state index contributed by atoms with van der Waals surface area (Å²) >= 11 is 6.06. The van der Waals surface area contributed by atoms with E-state index in [1.165, 1.54) is 7.11 Å². The van der Waals surface area contributed by atoms with Crippen molar-refractivity contribution in [3.63, 3.8) is 0 Å². The summed E-state index contributed by atoms with van der Waals surface area (Å²) < 4.78 is 10.8. The first-order valence-corrected chi connectivity index (χ1v) is 6.28. The van der Waals surface area contributed by atoms with Gasteiger partial charge in [0.1, 0.15) is 5.75 Å². The molecule has 1 aliphatic heterocycles. The maximum Gasteiger partial charge on any atom is 0.350 e. The molecule has 4 nitrogen and oxygen atoms in total. The van der Waals surface area contributed by atoms with Crippen molar-refractivity contribution >= 4 is 17.6 Å². The van der Waals surface area contributed by atoms with Crippen LogP contribution in [0.1, 0.15) is 12.8 Å². The number of carbonyl (C=O) groups is 1. The lowest BCUT2D eigenvalue weighted by Gasteiger charge is -2.35. The lowest BCUT2D eigenvalue weighted by Crippen LogP contribution is -2.52. The zero-order chi connectivity index (χ0) is 13.0. The fourth-order valence-electron chi connectivity index (χ4n) is 2.10. The van der Waals surface area contributed by atoms with Gasteiger partial charge in [-0.2, -0.15) is 0 Å². The average molecular weight is 270 g/mol. The van der Waals surface area contributed by atoms with Crippen molar-refractivity contribution in [3.8, 4) is 5.75 Å². The van der Waals surface area contributed by atoms with Crippen LogP contribution in [-0.4, -0.2) is 31.8 Å². The third-order valence-corrected chi connectivity index (χ3v) is 3.42. The molecule has 0 aliphatic carbocycles. The minimum atomic E-state index is -0.926. The summed E-state index contributed by atoms with van der Waals surface area (Å²) in [5.74, 6) is 0.176. The van der Waals surface area contributed by atoms with Crippen molar-refractivity contribution < 1.29 is 14.3 Å². The van der Waals surface area contributed by atoms with Gasteiger partial charge in [-0.05, 0) is 25.2 Å². The van der Waals surface area contributed by atoms with Crippen molar-refractivity contribution in [1.29, 1.82) is 0 Å². The summed E-state index contributed by atoms with van der Waals surface area (Å²) in [6, 6.07) is 7.15. The van der Waals surface area contributed by atoms with Gasteiger partial charge >= 0.3 is 5.97 Å². The zero-order valence-corrected chi connectivity index (χ0v) is 11.0. The summed E-state index contributed by atoms with van der Waals surface area (Å²) in [6.45, 7) is 1.44. The van der Waals surface area contributed by atoms with Gasteiger partial charge in [0.2, 0.25) is 5.60 Å². The summed E-state index contributed by atoms with van der Waals surface area (Å²) in [4.78, 5) is 12.0. The molecule has 1 aromatic carbocycles. The van der Waals surface area contributed by atoms with Crippen LogP contribution >= 0.6 is 11.6 Å². The van der Waals surface area contributed by atoms with Crippen LogP contribution in [0.5, 0.6) is 5.75 Å². The predicted octanol–water partition coefficient (Wildman–Crippen LogP) is 2.01. The van der Waals surface area contributed by atoms with E-state index in [4.69, 9.17) is 21.1 Å². The molecular formula is C13H16ClNO3. The van der Waals surface area contributed by atoms with E-state index in [1.54, 1.807) is 12.1 Å². The number of hydrogen-bond acceptors (Lipinski definition) is 4. The summed E-state index contributed by atoms with van der Waals surface area (Å²) in [7, 11) is 1.38. The molecule has 98 valence electrons. The Morgan fingerprint density at radius 3 is 2.61 bits per heavy atom. The Kier molecular flexibility index (Phi) is 4.09. The maximum absolute atomic E-state index is 12.0. The Balaban J connectivity index is 2.25. The molecule has 0 aromatic heterocycles. The minimum absolute atomic E-state index is 0.344. The van der Waals surface area contributed by atoms with Gasteiger partial charge in [0.25, 0.3) is 0 Å².